The van der Waals surface area contributed by atoms with Crippen molar-refractivity contribution in [3.05, 3.63) is 34.6 Å². The first-order valence-electron chi connectivity index (χ1n) is 8.69. The summed E-state index contributed by atoms with van der Waals surface area (Å²) in [5.41, 5.74) is 0.465. The van der Waals surface area contributed by atoms with Gasteiger partial charge in [-0.2, -0.15) is 28.8 Å². The van der Waals surface area contributed by atoms with Crippen LogP contribution in [0, 0.1) is 11.7 Å². The van der Waals surface area contributed by atoms with Crippen LogP contribution in [0.25, 0.3) is 0 Å². The number of thioether (sulfide) groups is 1. The molecule has 0 spiro atoms. The molecule has 0 radical (unpaired) electrons. The van der Waals surface area contributed by atoms with E-state index in [1.165, 1.54) is 36.2 Å². The molecule has 0 unspecified atom stereocenters. The number of piperidine rings is 1. The lowest BCUT2D eigenvalue weighted by Crippen LogP contribution is -2.49. The molecule has 1 fully saturated rings. The summed E-state index contributed by atoms with van der Waals surface area (Å²) in [6.45, 7) is 1.07. The van der Waals surface area contributed by atoms with Gasteiger partial charge in [0, 0.05) is 55.8 Å². The molecule has 0 bridgehead atoms. The summed E-state index contributed by atoms with van der Waals surface area (Å²) in [6.07, 6.45) is 1.33. The molecule has 1 aromatic rings. The molecule has 6 nitrogen and oxygen atoms in total. The number of nitrogens with one attached hydrogen (secondary N) is 1. The highest BCUT2D eigenvalue weighted by Crippen LogP contribution is 2.24. The quantitative estimate of drug-likeness (QED) is 0.634. The van der Waals surface area contributed by atoms with Crippen molar-refractivity contribution < 1.29 is 17.6 Å². The Morgan fingerprint density at radius 3 is 2.85 bits per heavy atom. The lowest BCUT2D eigenvalue weighted by Gasteiger charge is -2.32. The topological polar surface area (TPSA) is 69.7 Å². The van der Waals surface area contributed by atoms with Crippen LogP contribution in [-0.4, -0.2) is 62.4 Å². The SMILES string of the molecule is CN(C)S(=O)(=O)N1CCC[C@H](C(=O)NCCSCc2c(F)cccc2Cl)C1. The van der Waals surface area contributed by atoms with E-state index in [1.54, 1.807) is 12.1 Å². The van der Waals surface area contributed by atoms with Gasteiger partial charge in [0.25, 0.3) is 10.2 Å². The minimum Gasteiger partial charge on any atom is -0.355 e. The highest BCUT2D eigenvalue weighted by molar-refractivity contribution is 7.98. The fourth-order valence-electron chi connectivity index (χ4n) is 2.83. The van der Waals surface area contributed by atoms with E-state index in [-0.39, 0.29) is 24.2 Å². The number of nitrogens with zero attached hydrogens (tertiary/aromatic N) is 2. The van der Waals surface area contributed by atoms with Crippen LogP contribution in [0.3, 0.4) is 0 Å². The smallest absolute Gasteiger partial charge is 0.281 e. The van der Waals surface area contributed by atoms with Gasteiger partial charge in [-0.3, -0.25) is 4.79 Å². The Balaban J connectivity index is 1.76. The molecular weight excluding hydrogens is 413 g/mol. The van der Waals surface area contributed by atoms with Gasteiger partial charge < -0.3 is 5.32 Å². The maximum absolute atomic E-state index is 13.7. The van der Waals surface area contributed by atoms with Crippen LogP contribution in [0.2, 0.25) is 5.02 Å². The van der Waals surface area contributed by atoms with Crippen molar-refractivity contribution in [2.24, 2.45) is 5.92 Å². The molecule has 27 heavy (non-hydrogen) atoms. The number of amides is 1. The second kappa shape index (κ2) is 10.1. The van der Waals surface area contributed by atoms with Crippen LogP contribution in [0.15, 0.2) is 18.2 Å². The molecule has 1 heterocycles. The van der Waals surface area contributed by atoms with Crippen LogP contribution in [-0.2, 0) is 20.8 Å². The summed E-state index contributed by atoms with van der Waals surface area (Å²) in [5.74, 6) is 0.226. The van der Waals surface area contributed by atoms with Crippen LogP contribution in [0.5, 0.6) is 0 Å². The van der Waals surface area contributed by atoms with Crippen LogP contribution in [0.1, 0.15) is 18.4 Å². The van der Waals surface area contributed by atoms with Crippen molar-refractivity contribution in [2.75, 3.05) is 39.5 Å². The molecule has 1 amide bonds. The summed E-state index contributed by atoms with van der Waals surface area (Å²) < 4.78 is 40.7. The molecule has 1 atom stereocenters. The molecule has 1 aromatic carbocycles. The summed E-state index contributed by atoms with van der Waals surface area (Å²) in [4.78, 5) is 12.3. The molecule has 1 aliphatic heterocycles. The maximum atomic E-state index is 13.7. The molecule has 1 N–H and O–H groups in total. The van der Waals surface area contributed by atoms with E-state index in [4.69, 9.17) is 11.6 Å². The highest BCUT2D eigenvalue weighted by Gasteiger charge is 2.33. The van der Waals surface area contributed by atoms with Gasteiger partial charge in [-0.05, 0) is 25.0 Å². The molecule has 1 aliphatic rings. The number of halogens is 2. The average Bonchev–Trinajstić information content (AvgIpc) is 2.63. The second-order valence-electron chi connectivity index (χ2n) is 6.53. The van der Waals surface area contributed by atoms with E-state index in [9.17, 15) is 17.6 Å². The summed E-state index contributed by atoms with van der Waals surface area (Å²) in [5, 5.41) is 3.25. The van der Waals surface area contributed by atoms with Crippen molar-refractivity contribution in [2.45, 2.75) is 18.6 Å². The Hall–Kier alpha value is -0.870. The van der Waals surface area contributed by atoms with Gasteiger partial charge in [0.15, 0.2) is 0 Å². The molecule has 0 aliphatic carbocycles. The molecule has 2 rings (SSSR count). The lowest BCUT2D eigenvalue weighted by atomic mass is 9.99. The lowest BCUT2D eigenvalue weighted by molar-refractivity contribution is -0.125. The molecule has 0 saturated carbocycles. The second-order valence-corrected chi connectivity index (χ2v) is 10.2. The van der Waals surface area contributed by atoms with E-state index in [0.717, 1.165) is 4.31 Å². The molecular formula is C17H25ClFN3O3S2. The summed E-state index contributed by atoms with van der Waals surface area (Å²) >= 11 is 7.47. The van der Waals surface area contributed by atoms with Gasteiger partial charge in [-0.15, -0.1) is 0 Å². The minimum absolute atomic E-state index is 0.141. The Bertz CT molecular complexity index is 742. The number of carbonyl (C=O) groups is 1. The third kappa shape index (κ3) is 6.05. The molecule has 1 saturated heterocycles. The van der Waals surface area contributed by atoms with Crippen molar-refractivity contribution in [3.63, 3.8) is 0 Å². The maximum Gasteiger partial charge on any atom is 0.281 e. The van der Waals surface area contributed by atoms with Crippen LogP contribution < -0.4 is 5.32 Å². The van der Waals surface area contributed by atoms with E-state index < -0.39 is 10.2 Å². The minimum atomic E-state index is -3.50. The van der Waals surface area contributed by atoms with Crippen molar-refractivity contribution >= 4 is 39.5 Å². The predicted molar refractivity (Wildman–Crippen MR) is 107 cm³/mol. The number of benzene rings is 1. The summed E-state index contributed by atoms with van der Waals surface area (Å²) in [7, 11) is -0.531. The monoisotopic (exact) mass is 437 g/mol. The average molecular weight is 438 g/mol. The normalized spacial score (nSPS) is 18.6. The first-order valence-corrected chi connectivity index (χ1v) is 11.6. The van der Waals surface area contributed by atoms with Crippen molar-refractivity contribution in [3.8, 4) is 0 Å². The van der Waals surface area contributed by atoms with Gasteiger partial charge in [-0.25, -0.2) is 4.39 Å². The number of hydrogen-bond donors (Lipinski definition) is 1. The third-order valence-electron chi connectivity index (χ3n) is 4.40. The van der Waals surface area contributed by atoms with Crippen LogP contribution >= 0.6 is 23.4 Å². The Labute approximate surface area is 169 Å². The first kappa shape index (κ1) is 22.4. The van der Waals surface area contributed by atoms with Crippen molar-refractivity contribution in [1.29, 1.82) is 0 Å². The number of hydrogen-bond acceptors (Lipinski definition) is 4. The van der Waals surface area contributed by atoms with Gasteiger partial charge in [0.1, 0.15) is 5.82 Å². The Morgan fingerprint density at radius 1 is 1.44 bits per heavy atom. The fraction of sp³-hybridized carbons (Fsp3) is 0.588. The number of rotatable bonds is 8. The highest BCUT2D eigenvalue weighted by atomic mass is 35.5. The van der Waals surface area contributed by atoms with Gasteiger partial charge >= 0.3 is 0 Å². The summed E-state index contributed by atoms with van der Waals surface area (Å²) in [6, 6.07) is 4.59. The molecule has 152 valence electrons. The first-order chi connectivity index (χ1) is 12.7. The zero-order valence-electron chi connectivity index (χ0n) is 15.5. The van der Waals surface area contributed by atoms with E-state index in [1.807, 2.05) is 0 Å². The van der Waals surface area contributed by atoms with Crippen LogP contribution in [0.4, 0.5) is 4.39 Å². The standard InChI is InChI=1S/C17H25ClFN3O3S2/c1-21(2)27(24,25)22-9-4-5-13(11-22)17(23)20-8-10-26-12-14-15(18)6-3-7-16(14)19/h3,6-7,13H,4-5,8-12H2,1-2H3,(H,20,23)/t13-/m0/s1. The zero-order chi connectivity index (χ0) is 20.0. The fourth-order valence-corrected chi connectivity index (χ4v) is 5.22. The van der Waals surface area contributed by atoms with E-state index in [0.29, 0.717) is 48.0 Å². The largest absolute Gasteiger partial charge is 0.355 e. The van der Waals surface area contributed by atoms with Crippen molar-refractivity contribution in [1.82, 2.24) is 13.9 Å². The van der Waals surface area contributed by atoms with Gasteiger partial charge in [-0.1, -0.05) is 17.7 Å². The Kier molecular flexibility index (Phi) is 8.36. The van der Waals surface area contributed by atoms with Gasteiger partial charge in [0.05, 0.1) is 5.92 Å². The number of carbonyl (C=O) groups excluding carboxylic acids is 1. The molecule has 10 heteroatoms. The Morgan fingerprint density at radius 2 is 2.19 bits per heavy atom. The molecule has 0 aromatic heterocycles. The third-order valence-corrected chi connectivity index (χ3v) is 7.64. The van der Waals surface area contributed by atoms with E-state index in [2.05, 4.69) is 5.32 Å². The zero-order valence-corrected chi connectivity index (χ0v) is 17.8. The van der Waals surface area contributed by atoms with Gasteiger partial charge in [0.2, 0.25) is 5.91 Å². The predicted octanol–water partition coefficient (Wildman–Crippen LogP) is 2.35. The van der Waals surface area contributed by atoms with E-state index >= 15 is 0 Å².